The van der Waals surface area contributed by atoms with E-state index in [4.69, 9.17) is 28.9 Å². The quantitative estimate of drug-likeness (QED) is 0.624. The molecule has 0 unspecified atom stereocenters. The maximum Gasteiger partial charge on any atom is 0.271 e. The van der Waals surface area contributed by atoms with Gasteiger partial charge in [0.1, 0.15) is 5.69 Å². The number of nitrogens with zero attached hydrogens (tertiary/aromatic N) is 3. The molecule has 0 atom stereocenters. The molecule has 0 saturated heterocycles. The number of carbonyl (C=O) groups is 1. The molecule has 3 N–H and O–H groups in total. The Morgan fingerprint density at radius 2 is 1.86 bits per heavy atom. The van der Waals surface area contributed by atoms with Gasteiger partial charge in [0.25, 0.3) is 5.91 Å². The highest BCUT2D eigenvalue weighted by atomic mass is 79.9. The Bertz CT molecular complexity index is 706. The Morgan fingerprint density at radius 1 is 1.24 bits per heavy atom. The van der Waals surface area contributed by atoms with Gasteiger partial charge in [-0.2, -0.15) is 5.10 Å². The average molecular weight is 389 g/mol. The normalized spacial score (nSPS) is 10.8. The molecule has 0 saturated carbocycles. The van der Waals surface area contributed by atoms with Crippen molar-refractivity contribution in [3.63, 3.8) is 0 Å². The van der Waals surface area contributed by atoms with E-state index in [0.29, 0.717) is 5.56 Å². The number of anilines is 1. The Morgan fingerprint density at radius 3 is 2.52 bits per heavy atom. The van der Waals surface area contributed by atoms with E-state index in [0.717, 1.165) is 4.47 Å². The summed E-state index contributed by atoms with van der Waals surface area (Å²) in [7, 11) is 0. The first-order chi connectivity index (χ1) is 9.97. The zero-order valence-electron chi connectivity index (χ0n) is 10.3. The Hall–Kier alpha value is -1.70. The number of nitrogens with two attached hydrogens (primary N) is 1. The Kier molecular flexibility index (Phi) is 5.11. The van der Waals surface area contributed by atoms with E-state index >= 15 is 0 Å². The summed E-state index contributed by atoms with van der Waals surface area (Å²) in [6.45, 7) is 0. The van der Waals surface area contributed by atoms with Crippen LogP contribution < -0.4 is 11.2 Å². The van der Waals surface area contributed by atoms with E-state index in [1.807, 2.05) is 0 Å². The molecule has 2 rings (SSSR count). The van der Waals surface area contributed by atoms with Gasteiger partial charge in [-0.3, -0.25) is 4.79 Å². The number of hydrogen-bond donors (Lipinski definition) is 2. The fourth-order valence-electron chi connectivity index (χ4n) is 1.33. The van der Waals surface area contributed by atoms with Crippen molar-refractivity contribution in [2.45, 2.75) is 0 Å². The minimum Gasteiger partial charge on any atom is -0.382 e. The van der Waals surface area contributed by atoms with Gasteiger partial charge >= 0.3 is 0 Å². The van der Waals surface area contributed by atoms with Gasteiger partial charge in [-0.15, -0.1) is 0 Å². The van der Waals surface area contributed by atoms with E-state index in [1.54, 1.807) is 24.3 Å². The minimum atomic E-state index is -0.370. The summed E-state index contributed by atoms with van der Waals surface area (Å²) >= 11 is 14.7. The third-order valence-electron chi connectivity index (χ3n) is 2.33. The van der Waals surface area contributed by atoms with Crippen molar-refractivity contribution >= 4 is 57.1 Å². The van der Waals surface area contributed by atoms with E-state index in [-0.39, 0.29) is 27.7 Å². The number of carbonyl (C=O) groups excluding carboxylic acids is 1. The Labute approximate surface area is 138 Å². The third kappa shape index (κ3) is 4.13. The molecule has 6 nitrogen and oxygen atoms in total. The molecule has 0 aliphatic heterocycles. The van der Waals surface area contributed by atoms with Crippen LogP contribution in [0.2, 0.25) is 10.3 Å². The lowest BCUT2D eigenvalue weighted by molar-refractivity contribution is 0.0955. The zero-order chi connectivity index (χ0) is 15.4. The average Bonchev–Trinajstić information content (AvgIpc) is 2.45. The maximum absolute atomic E-state index is 11.8. The summed E-state index contributed by atoms with van der Waals surface area (Å²) in [6, 6.07) is 6.81. The molecular formula is C12H8BrCl2N5O. The van der Waals surface area contributed by atoms with Crippen molar-refractivity contribution in [1.82, 2.24) is 15.4 Å². The number of nitrogens with one attached hydrogen (secondary N) is 1. The lowest BCUT2D eigenvalue weighted by Gasteiger charge is -2.02. The SMILES string of the molecule is Nc1nc(Cl)c(Cl)nc1C=NNC(=O)c1ccc(Br)cc1. The van der Waals surface area contributed by atoms with Gasteiger partial charge in [-0.05, 0) is 24.3 Å². The second kappa shape index (κ2) is 6.84. The van der Waals surface area contributed by atoms with Gasteiger partial charge in [0.05, 0.1) is 6.21 Å². The molecule has 1 heterocycles. The van der Waals surface area contributed by atoms with Crippen molar-refractivity contribution in [1.29, 1.82) is 0 Å². The number of amides is 1. The molecular weight excluding hydrogens is 381 g/mol. The summed E-state index contributed by atoms with van der Waals surface area (Å²) in [5, 5.41) is 3.76. The predicted octanol–water partition coefficient (Wildman–Crippen LogP) is 2.89. The molecule has 0 aliphatic rings. The van der Waals surface area contributed by atoms with Gasteiger partial charge in [0.2, 0.25) is 0 Å². The van der Waals surface area contributed by atoms with Crippen LogP contribution in [0.25, 0.3) is 0 Å². The van der Waals surface area contributed by atoms with E-state index in [1.165, 1.54) is 6.21 Å². The number of rotatable bonds is 3. The molecule has 0 spiro atoms. The molecule has 1 amide bonds. The molecule has 0 bridgehead atoms. The van der Waals surface area contributed by atoms with Gasteiger partial charge in [0, 0.05) is 10.0 Å². The van der Waals surface area contributed by atoms with Gasteiger partial charge < -0.3 is 5.73 Å². The third-order valence-corrected chi connectivity index (χ3v) is 3.48. The molecule has 0 fully saturated rings. The highest BCUT2D eigenvalue weighted by Crippen LogP contribution is 2.19. The molecule has 9 heteroatoms. The highest BCUT2D eigenvalue weighted by Gasteiger charge is 2.07. The van der Waals surface area contributed by atoms with E-state index in [2.05, 4.69) is 36.4 Å². The second-order valence-corrected chi connectivity index (χ2v) is 5.41. The molecule has 1 aromatic heterocycles. The highest BCUT2D eigenvalue weighted by molar-refractivity contribution is 9.10. The largest absolute Gasteiger partial charge is 0.382 e. The van der Waals surface area contributed by atoms with E-state index < -0.39 is 0 Å². The van der Waals surface area contributed by atoms with Crippen LogP contribution in [0.4, 0.5) is 5.82 Å². The first-order valence-electron chi connectivity index (χ1n) is 5.55. The predicted molar refractivity (Wildman–Crippen MR) is 85.7 cm³/mol. The summed E-state index contributed by atoms with van der Waals surface area (Å²) in [5.74, 6) is -0.309. The molecule has 1 aromatic carbocycles. The van der Waals surface area contributed by atoms with Crippen molar-refractivity contribution in [3.05, 3.63) is 50.3 Å². The number of hydrazone groups is 1. The van der Waals surface area contributed by atoms with Crippen LogP contribution in [0.3, 0.4) is 0 Å². The first-order valence-corrected chi connectivity index (χ1v) is 7.09. The van der Waals surface area contributed by atoms with Crippen LogP contribution in [0.15, 0.2) is 33.8 Å². The van der Waals surface area contributed by atoms with Crippen LogP contribution in [0.1, 0.15) is 16.1 Å². The van der Waals surface area contributed by atoms with Crippen LogP contribution in [-0.2, 0) is 0 Å². The molecule has 2 aromatic rings. The molecule has 21 heavy (non-hydrogen) atoms. The van der Waals surface area contributed by atoms with Gasteiger partial charge in [-0.25, -0.2) is 15.4 Å². The van der Waals surface area contributed by atoms with Gasteiger partial charge in [0.15, 0.2) is 16.1 Å². The Balaban J connectivity index is 2.07. The number of halogens is 3. The fourth-order valence-corrected chi connectivity index (χ4v) is 1.86. The second-order valence-electron chi connectivity index (χ2n) is 3.78. The first kappa shape index (κ1) is 15.7. The lowest BCUT2D eigenvalue weighted by atomic mass is 10.2. The summed E-state index contributed by atoms with van der Waals surface area (Å²) < 4.78 is 0.876. The smallest absolute Gasteiger partial charge is 0.271 e. The number of hydrogen-bond acceptors (Lipinski definition) is 5. The molecule has 0 radical (unpaired) electrons. The number of benzene rings is 1. The minimum absolute atomic E-state index is 0.00483. The lowest BCUT2D eigenvalue weighted by Crippen LogP contribution is -2.17. The van der Waals surface area contributed by atoms with E-state index in [9.17, 15) is 4.79 Å². The summed E-state index contributed by atoms with van der Waals surface area (Å²) in [5.41, 5.74) is 8.62. The summed E-state index contributed by atoms with van der Waals surface area (Å²) in [6.07, 6.45) is 1.24. The van der Waals surface area contributed by atoms with Crippen LogP contribution in [0.5, 0.6) is 0 Å². The summed E-state index contributed by atoms with van der Waals surface area (Å²) in [4.78, 5) is 19.5. The van der Waals surface area contributed by atoms with Crippen molar-refractivity contribution in [2.75, 3.05) is 5.73 Å². The van der Waals surface area contributed by atoms with Crippen LogP contribution in [0, 0.1) is 0 Å². The molecule has 0 aliphatic carbocycles. The van der Waals surface area contributed by atoms with Gasteiger partial charge in [-0.1, -0.05) is 39.1 Å². The zero-order valence-corrected chi connectivity index (χ0v) is 13.4. The van der Waals surface area contributed by atoms with Crippen molar-refractivity contribution < 1.29 is 4.79 Å². The number of aromatic nitrogens is 2. The fraction of sp³-hybridized carbons (Fsp3) is 0. The van der Waals surface area contributed by atoms with Crippen molar-refractivity contribution in [3.8, 4) is 0 Å². The van der Waals surface area contributed by atoms with Crippen LogP contribution in [-0.4, -0.2) is 22.1 Å². The monoisotopic (exact) mass is 387 g/mol. The maximum atomic E-state index is 11.8. The van der Waals surface area contributed by atoms with Crippen LogP contribution >= 0.6 is 39.1 Å². The number of nitrogen functional groups attached to an aromatic ring is 1. The topological polar surface area (TPSA) is 93.3 Å². The molecule has 108 valence electrons. The van der Waals surface area contributed by atoms with Crippen molar-refractivity contribution in [2.24, 2.45) is 5.10 Å². The standard InChI is InChI=1S/C12H8BrCl2N5O/c13-7-3-1-6(2-4-7)12(21)20-17-5-8-11(16)19-10(15)9(14)18-8/h1-5H,(H2,16,19)(H,20,21).